The van der Waals surface area contributed by atoms with Crippen molar-refractivity contribution >= 4 is 48.9 Å². The number of anilines is 2. The highest BCUT2D eigenvalue weighted by molar-refractivity contribution is 9.10. The van der Waals surface area contributed by atoms with Gasteiger partial charge in [0.05, 0.1) is 28.1 Å². The first-order valence-electron chi connectivity index (χ1n) is 7.36. The predicted molar refractivity (Wildman–Crippen MR) is 103 cm³/mol. The number of benzene rings is 2. The van der Waals surface area contributed by atoms with Gasteiger partial charge < -0.3 is 5.32 Å². The minimum Gasteiger partial charge on any atom is -0.324 e. The van der Waals surface area contributed by atoms with Gasteiger partial charge in [-0.1, -0.05) is 22.0 Å². The molecule has 0 unspecified atom stereocenters. The third-order valence-corrected chi connectivity index (χ3v) is 5.25. The lowest BCUT2D eigenvalue weighted by atomic mass is 10.1. The summed E-state index contributed by atoms with van der Waals surface area (Å²) in [6.45, 7) is 1.05. The van der Waals surface area contributed by atoms with Crippen LogP contribution in [0.1, 0.15) is 5.56 Å². The van der Waals surface area contributed by atoms with Crippen molar-refractivity contribution in [1.82, 2.24) is 0 Å². The molecule has 2 aromatic carbocycles. The highest BCUT2D eigenvalue weighted by Gasteiger charge is 2.22. The second-order valence-corrected chi connectivity index (χ2v) is 8.32. The Bertz CT molecular complexity index is 945. The van der Waals surface area contributed by atoms with Crippen molar-refractivity contribution in [3.8, 4) is 0 Å². The normalized spacial score (nSPS) is 11.0. The molecule has 0 aliphatic carbocycles. The van der Waals surface area contributed by atoms with E-state index in [1.807, 2.05) is 0 Å². The molecule has 10 heteroatoms. The molecule has 0 bridgehead atoms. The lowest BCUT2D eigenvalue weighted by Gasteiger charge is -2.22. The lowest BCUT2D eigenvalue weighted by molar-refractivity contribution is -0.385. The van der Waals surface area contributed by atoms with Gasteiger partial charge in [-0.05, 0) is 37.3 Å². The fourth-order valence-corrected chi connectivity index (χ4v) is 3.40. The van der Waals surface area contributed by atoms with Crippen LogP contribution in [0.5, 0.6) is 0 Å². The number of rotatable bonds is 6. The van der Waals surface area contributed by atoms with Crippen LogP contribution in [0.25, 0.3) is 0 Å². The number of nitrogens with zero attached hydrogens (tertiary/aromatic N) is 2. The maximum Gasteiger partial charge on any atom is 0.274 e. The number of nitrogens with one attached hydrogen (secondary N) is 1. The molecule has 0 saturated heterocycles. The summed E-state index contributed by atoms with van der Waals surface area (Å²) >= 11 is 3.26. The minimum atomic E-state index is -3.70. The zero-order valence-corrected chi connectivity index (χ0v) is 16.4. The third kappa shape index (κ3) is 4.79. The highest BCUT2D eigenvalue weighted by atomic mass is 79.9. The van der Waals surface area contributed by atoms with E-state index < -0.39 is 27.4 Å². The summed E-state index contributed by atoms with van der Waals surface area (Å²) in [5.41, 5.74) is 0.756. The standard InChI is InChI=1S/C16H16BrN3O5S/c1-11-14(4-3-5-15(11)20(22)23)18-16(21)10-19(26(2,24)25)13-8-6-12(17)7-9-13/h3-9H,10H2,1-2H3,(H,18,21). The zero-order valence-electron chi connectivity index (χ0n) is 14.0. The summed E-state index contributed by atoms with van der Waals surface area (Å²) in [6, 6.07) is 10.8. The largest absolute Gasteiger partial charge is 0.324 e. The molecule has 0 saturated carbocycles. The number of carbonyl (C=O) groups excluding carboxylic acids is 1. The number of halogens is 1. The molecule has 0 aliphatic heterocycles. The van der Waals surface area contributed by atoms with Crippen LogP contribution in [0.15, 0.2) is 46.9 Å². The molecule has 8 nitrogen and oxygen atoms in total. The first-order valence-corrected chi connectivity index (χ1v) is 10.0. The van der Waals surface area contributed by atoms with Gasteiger partial charge in [0.25, 0.3) is 5.69 Å². The fraction of sp³-hybridized carbons (Fsp3) is 0.188. The molecule has 2 aromatic rings. The van der Waals surface area contributed by atoms with E-state index in [9.17, 15) is 23.3 Å². The Morgan fingerprint density at radius 3 is 2.38 bits per heavy atom. The lowest BCUT2D eigenvalue weighted by Crippen LogP contribution is -2.37. The van der Waals surface area contributed by atoms with E-state index in [1.54, 1.807) is 24.3 Å². The van der Waals surface area contributed by atoms with Gasteiger partial charge in [-0.15, -0.1) is 0 Å². The second kappa shape index (κ2) is 7.83. The Morgan fingerprint density at radius 1 is 1.23 bits per heavy atom. The molecule has 2 rings (SSSR count). The fourth-order valence-electron chi connectivity index (χ4n) is 2.28. The van der Waals surface area contributed by atoms with Crippen LogP contribution in [0.2, 0.25) is 0 Å². The average Bonchev–Trinajstić information content (AvgIpc) is 2.54. The molecule has 0 spiro atoms. The molecule has 0 aliphatic rings. The molecule has 0 heterocycles. The van der Waals surface area contributed by atoms with Gasteiger partial charge >= 0.3 is 0 Å². The number of carbonyl (C=O) groups is 1. The van der Waals surface area contributed by atoms with Crippen LogP contribution in [0.4, 0.5) is 17.1 Å². The van der Waals surface area contributed by atoms with Crippen molar-refractivity contribution < 1.29 is 18.1 Å². The van der Waals surface area contributed by atoms with Crippen LogP contribution in [0.3, 0.4) is 0 Å². The summed E-state index contributed by atoms with van der Waals surface area (Å²) < 4.78 is 25.8. The molecule has 0 fully saturated rings. The summed E-state index contributed by atoms with van der Waals surface area (Å²) in [4.78, 5) is 22.8. The van der Waals surface area contributed by atoms with Gasteiger partial charge in [0.15, 0.2) is 0 Å². The van der Waals surface area contributed by atoms with Crippen molar-refractivity contribution in [2.45, 2.75) is 6.92 Å². The summed E-state index contributed by atoms with van der Waals surface area (Å²) in [5, 5.41) is 13.5. The van der Waals surface area contributed by atoms with Gasteiger partial charge in [-0.2, -0.15) is 0 Å². The number of hydrogen-bond acceptors (Lipinski definition) is 5. The van der Waals surface area contributed by atoms with Crippen LogP contribution in [-0.4, -0.2) is 32.0 Å². The van der Waals surface area contributed by atoms with E-state index >= 15 is 0 Å². The van der Waals surface area contributed by atoms with E-state index in [2.05, 4.69) is 21.2 Å². The van der Waals surface area contributed by atoms with Crippen molar-refractivity contribution in [1.29, 1.82) is 0 Å². The Balaban J connectivity index is 2.25. The Kier molecular flexibility index (Phi) is 5.98. The SMILES string of the molecule is Cc1c(NC(=O)CN(c2ccc(Br)cc2)S(C)(=O)=O)cccc1[N+](=O)[O-]. The summed E-state index contributed by atoms with van der Waals surface area (Å²) in [6.07, 6.45) is 1.00. The van der Waals surface area contributed by atoms with E-state index in [0.29, 0.717) is 11.3 Å². The third-order valence-electron chi connectivity index (χ3n) is 3.58. The molecule has 0 atom stereocenters. The Hall–Kier alpha value is -2.46. The number of nitro benzene ring substituents is 1. The van der Waals surface area contributed by atoms with E-state index in [-0.39, 0.29) is 11.4 Å². The van der Waals surface area contributed by atoms with E-state index in [1.165, 1.54) is 25.1 Å². The van der Waals surface area contributed by atoms with Crippen molar-refractivity contribution in [2.75, 3.05) is 22.4 Å². The van der Waals surface area contributed by atoms with Crippen LogP contribution < -0.4 is 9.62 Å². The molecular formula is C16H16BrN3O5S. The van der Waals surface area contributed by atoms with Gasteiger partial charge in [-0.25, -0.2) is 8.42 Å². The van der Waals surface area contributed by atoms with Crippen LogP contribution in [0, 0.1) is 17.0 Å². The monoisotopic (exact) mass is 441 g/mol. The number of hydrogen-bond donors (Lipinski definition) is 1. The van der Waals surface area contributed by atoms with Gasteiger partial charge in [0.2, 0.25) is 15.9 Å². The highest BCUT2D eigenvalue weighted by Crippen LogP contribution is 2.25. The smallest absolute Gasteiger partial charge is 0.274 e. The minimum absolute atomic E-state index is 0.129. The Labute approximate surface area is 159 Å². The van der Waals surface area contributed by atoms with E-state index in [0.717, 1.165) is 15.0 Å². The zero-order chi connectivity index (χ0) is 19.5. The van der Waals surface area contributed by atoms with Gasteiger partial charge in [-0.3, -0.25) is 19.2 Å². The van der Waals surface area contributed by atoms with Gasteiger partial charge in [0.1, 0.15) is 6.54 Å². The topological polar surface area (TPSA) is 110 Å². The number of nitro groups is 1. The van der Waals surface area contributed by atoms with Crippen LogP contribution >= 0.6 is 15.9 Å². The molecule has 0 radical (unpaired) electrons. The van der Waals surface area contributed by atoms with Crippen molar-refractivity contribution in [3.63, 3.8) is 0 Å². The summed E-state index contributed by atoms with van der Waals surface area (Å²) in [7, 11) is -3.70. The molecule has 0 aromatic heterocycles. The number of amides is 1. The average molecular weight is 442 g/mol. The maximum atomic E-state index is 12.3. The predicted octanol–water partition coefficient (Wildman–Crippen LogP) is 3.07. The van der Waals surface area contributed by atoms with Crippen molar-refractivity contribution in [3.05, 3.63) is 62.6 Å². The molecule has 1 amide bonds. The summed E-state index contributed by atoms with van der Waals surface area (Å²) in [5.74, 6) is -0.609. The first kappa shape index (κ1) is 19.9. The van der Waals surface area contributed by atoms with Crippen LogP contribution in [-0.2, 0) is 14.8 Å². The quantitative estimate of drug-likeness (QED) is 0.546. The van der Waals surface area contributed by atoms with E-state index in [4.69, 9.17) is 0 Å². The Morgan fingerprint density at radius 2 is 1.85 bits per heavy atom. The molecule has 138 valence electrons. The van der Waals surface area contributed by atoms with Crippen molar-refractivity contribution in [2.24, 2.45) is 0 Å². The first-order chi connectivity index (χ1) is 12.1. The second-order valence-electron chi connectivity index (χ2n) is 5.50. The number of sulfonamides is 1. The maximum absolute atomic E-state index is 12.3. The van der Waals surface area contributed by atoms with Gasteiger partial charge in [0, 0.05) is 10.5 Å². The molecular weight excluding hydrogens is 426 g/mol. The molecule has 1 N–H and O–H groups in total. The molecule has 26 heavy (non-hydrogen) atoms.